The fourth-order valence-corrected chi connectivity index (χ4v) is 3.16. The van der Waals surface area contributed by atoms with Crippen molar-refractivity contribution in [3.8, 4) is 0 Å². The van der Waals surface area contributed by atoms with Crippen LogP contribution in [0.3, 0.4) is 0 Å². The van der Waals surface area contributed by atoms with E-state index < -0.39 is 0 Å². The van der Waals surface area contributed by atoms with E-state index in [1.807, 2.05) is 17.9 Å². The predicted octanol–water partition coefficient (Wildman–Crippen LogP) is 1.60. The Bertz CT molecular complexity index is 400. The molecule has 0 saturated carbocycles. The van der Waals surface area contributed by atoms with Gasteiger partial charge in [-0.2, -0.15) is 0 Å². The van der Waals surface area contributed by atoms with Crippen molar-refractivity contribution in [3.05, 3.63) is 22.4 Å². The van der Waals surface area contributed by atoms with Crippen LogP contribution in [-0.2, 0) is 11.2 Å². The standard InChI is InChI=1S/C15H24N2O2S/c1-2-13(18)12-16-7-9-17(10-8-16)15(19)6-5-14-4-3-11-20-14/h3-4,11,13,18H,2,5-10,12H2,1H3/t13-/m0/s1. The number of aliphatic hydroxyl groups is 1. The highest BCUT2D eigenvalue weighted by Gasteiger charge is 2.21. The quantitative estimate of drug-likeness (QED) is 0.867. The van der Waals surface area contributed by atoms with Crippen molar-refractivity contribution in [1.82, 2.24) is 9.80 Å². The number of carbonyl (C=O) groups excluding carboxylic acids is 1. The van der Waals surface area contributed by atoms with Gasteiger partial charge in [-0.15, -0.1) is 11.3 Å². The monoisotopic (exact) mass is 296 g/mol. The number of aryl methyl sites for hydroxylation is 1. The molecule has 1 saturated heterocycles. The Morgan fingerprint density at radius 2 is 2.15 bits per heavy atom. The average Bonchev–Trinajstić information content (AvgIpc) is 2.98. The summed E-state index contributed by atoms with van der Waals surface area (Å²) in [4.78, 5) is 17.6. The van der Waals surface area contributed by atoms with Gasteiger partial charge in [0.2, 0.25) is 5.91 Å². The maximum absolute atomic E-state index is 12.1. The maximum Gasteiger partial charge on any atom is 0.223 e. The van der Waals surface area contributed by atoms with E-state index in [0.717, 1.165) is 45.6 Å². The molecule has 1 aromatic rings. The fourth-order valence-electron chi connectivity index (χ4n) is 2.45. The van der Waals surface area contributed by atoms with E-state index in [2.05, 4.69) is 16.3 Å². The van der Waals surface area contributed by atoms with Crippen molar-refractivity contribution >= 4 is 17.2 Å². The van der Waals surface area contributed by atoms with E-state index in [4.69, 9.17) is 0 Å². The third-order valence-corrected chi connectivity index (χ3v) is 4.77. The van der Waals surface area contributed by atoms with Crippen molar-refractivity contribution in [1.29, 1.82) is 0 Å². The summed E-state index contributed by atoms with van der Waals surface area (Å²) in [5.41, 5.74) is 0. The van der Waals surface area contributed by atoms with Gasteiger partial charge in [0.1, 0.15) is 0 Å². The van der Waals surface area contributed by atoms with Crippen LogP contribution in [0.2, 0.25) is 0 Å². The summed E-state index contributed by atoms with van der Waals surface area (Å²) >= 11 is 1.71. The number of hydrogen-bond donors (Lipinski definition) is 1. The second-order valence-corrected chi connectivity index (χ2v) is 6.36. The van der Waals surface area contributed by atoms with Crippen LogP contribution in [0.1, 0.15) is 24.6 Å². The molecule has 0 spiro atoms. The average molecular weight is 296 g/mol. The van der Waals surface area contributed by atoms with E-state index >= 15 is 0 Å². The van der Waals surface area contributed by atoms with E-state index in [1.165, 1.54) is 4.88 Å². The van der Waals surface area contributed by atoms with Crippen LogP contribution in [0, 0.1) is 0 Å². The molecule has 0 aliphatic carbocycles. The minimum Gasteiger partial charge on any atom is -0.392 e. The summed E-state index contributed by atoms with van der Waals surface area (Å²) in [7, 11) is 0. The highest BCUT2D eigenvalue weighted by molar-refractivity contribution is 7.09. The number of piperazine rings is 1. The van der Waals surface area contributed by atoms with E-state index in [0.29, 0.717) is 6.42 Å². The Hall–Kier alpha value is -0.910. The van der Waals surface area contributed by atoms with Crippen molar-refractivity contribution in [2.45, 2.75) is 32.3 Å². The lowest BCUT2D eigenvalue weighted by Gasteiger charge is -2.35. The third kappa shape index (κ3) is 4.58. The number of hydrogen-bond acceptors (Lipinski definition) is 4. The summed E-state index contributed by atoms with van der Waals surface area (Å²) in [6, 6.07) is 4.12. The summed E-state index contributed by atoms with van der Waals surface area (Å²) in [6.07, 6.45) is 2.01. The molecular formula is C15H24N2O2S. The molecule has 0 radical (unpaired) electrons. The molecule has 1 aliphatic heterocycles. The van der Waals surface area contributed by atoms with Crippen molar-refractivity contribution in [2.75, 3.05) is 32.7 Å². The lowest BCUT2D eigenvalue weighted by molar-refractivity contribution is -0.133. The largest absolute Gasteiger partial charge is 0.392 e. The zero-order chi connectivity index (χ0) is 14.4. The van der Waals surface area contributed by atoms with Gasteiger partial charge in [0.25, 0.3) is 0 Å². The van der Waals surface area contributed by atoms with Gasteiger partial charge in [-0.1, -0.05) is 13.0 Å². The second kappa shape index (κ2) is 7.76. The number of aliphatic hydroxyl groups excluding tert-OH is 1. The summed E-state index contributed by atoms with van der Waals surface area (Å²) in [5, 5.41) is 11.7. The van der Waals surface area contributed by atoms with Gasteiger partial charge in [0.05, 0.1) is 6.10 Å². The van der Waals surface area contributed by atoms with Crippen LogP contribution in [0.15, 0.2) is 17.5 Å². The van der Waals surface area contributed by atoms with E-state index in [-0.39, 0.29) is 12.0 Å². The van der Waals surface area contributed by atoms with Gasteiger partial charge in [0, 0.05) is 44.0 Å². The van der Waals surface area contributed by atoms with Crippen LogP contribution in [0.25, 0.3) is 0 Å². The molecule has 2 rings (SSSR count). The SMILES string of the molecule is CC[C@H](O)CN1CCN(C(=O)CCc2cccs2)CC1. The molecule has 0 bridgehead atoms. The smallest absolute Gasteiger partial charge is 0.223 e. The first-order valence-electron chi connectivity index (χ1n) is 7.39. The Labute approximate surface area is 125 Å². The number of β-amino-alcohol motifs (C(OH)–C–C–N with tert-alkyl or cyclic N) is 1. The number of nitrogens with zero attached hydrogens (tertiary/aromatic N) is 2. The lowest BCUT2D eigenvalue weighted by Crippen LogP contribution is -2.50. The second-order valence-electron chi connectivity index (χ2n) is 5.32. The van der Waals surface area contributed by atoms with Crippen molar-refractivity contribution in [2.24, 2.45) is 0 Å². The number of carbonyl (C=O) groups is 1. The predicted molar refractivity (Wildman–Crippen MR) is 82.0 cm³/mol. The molecule has 5 heteroatoms. The molecule has 1 aliphatic rings. The molecule has 4 nitrogen and oxygen atoms in total. The first-order valence-corrected chi connectivity index (χ1v) is 8.27. The summed E-state index contributed by atoms with van der Waals surface area (Å²) in [6.45, 7) is 6.06. The van der Waals surface area contributed by atoms with E-state index in [1.54, 1.807) is 11.3 Å². The Morgan fingerprint density at radius 3 is 2.75 bits per heavy atom. The van der Waals surface area contributed by atoms with Crippen LogP contribution < -0.4 is 0 Å². The van der Waals surface area contributed by atoms with Gasteiger partial charge in [-0.05, 0) is 24.3 Å². The number of rotatable bonds is 6. The molecule has 1 N–H and O–H groups in total. The fraction of sp³-hybridized carbons (Fsp3) is 0.667. The third-order valence-electron chi connectivity index (χ3n) is 3.83. The zero-order valence-corrected chi connectivity index (χ0v) is 12.9. The molecule has 2 heterocycles. The highest BCUT2D eigenvalue weighted by Crippen LogP contribution is 2.13. The van der Waals surface area contributed by atoms with Crippen LogP contribution in [0.5, 0.6) is 0 Å². The highest BCUT2D eigenvalue weighted by atomic mass is 32.1. The molecule has 0 aromatic carbocycles. The Kier molecular flexibility index (Phi) is 6.01. The first-order chi connectivity index (χ1) is 9.69. The van der Waals surface area contributed by atoms with Crippen LogP contribution in [0.4, 0.5) is 0 Å². The normalized spacial score (nSPS) is 18.2. The molecule has 0 unspecified atom stereocenters. The van der Waals surface area contributed by atoms with Crippen LogP contribution in [-0.4, -0.2) is 59.6 Å². The first kappa shape index (κ1) is 15.5. The van der Waals surface area contributed by atoms with Gasteiger partial charge in [-0.3, -0.25) is 9.69 Å². The topological polar surface area (TPSA) is 43.8 Å². The molecule has 1 atom stereocenters. The zero-order valence-electron chi connectivity index (χ0n) is 12.1. The minimum atomic E-state index is -0.240. The number of amides is 1. The van der Waals surface area contributed by atoms with Crippen LogP contribution >= 0.6 is 11.3 Å². The Morgan fingerprint density at radius 1 is 1.40 bits per heavy atom. The summed E-state index contributed by atoms with van der Waals surface area (Å²) in [5.74, 6) is 0.258. The maximum atomic E-state index is 12.1. The molecule has 112 valence electrons. The molecule has 20 heavy (non-hydrogen) atoms. The molecule has 1 fully saturated rings. The van der Waals surface area contributed by atoms with Gasteiger partial charge in [-0.25, -0.2) is 0 Å². The molecule has 1 aromatic heterocycles. The minimum absolute atomic E-state index is 0.240. The molecular weight excluding hydrogens is 272 g/mol. The van der Waals surface area contributed by atoms with Gasteiger partial charge in [0.15, 0.2) is 0 Å². The Balaban J connectivity index is 1.69. The number of thiophene rings is 1. The van der Waals surface area contributed by atoms with Gasteiger partial charge >= 0.3 is 0 Å². The van der Waals surface area contributed by atoms with Gasteiger partial charge < -0.3 is 10.0 Å². The van der Waals surface area contributed by atoms with Crippen molar-refractivity contribution in [3.63, 3.8) is 0 Å². The summed E-state index contributed by atoms with van der Waals surface area (Å²) < 4.78 is 0. The molecule has 1 amide bonds. The lowest BCUT2D eigenvalue weighted by atomic mass is 10.2. The van der Waals surface area contributed by atoms with Crippen molar-refractivity contribution < 1.29 is 9.90 Å². The van der Waals surface area contributed by atoms with E-state index in [9.17, 15) is 9.90 Å².